The second-order valence-electron chi connectivity index (χ2n) is 6.25. The van der Waals surface area contributed by atoms with Crippen LogP contribution < -0.4 is 10.9 Å². The Morgan fingerprint density at radius 3 is 2.33 bits per heavy atom. The molecule has 5 heteroatoms. The highest BCUT2D eigenvalue weighted by Gasteiger charge is 2.16. The van der Waals surface area contributed by atoms with Gasteiger partial charge in [0.2, 0.25) is 0 Å². The number of aromatic amines is 1. The Hall–Kier alpha value is -3.24. The van der Waals surface area contributed by atoms with Crippen molar-refractivity contribution in [1.82, 2.24) is 4.98 Å². The Morgan fingerprint density at radius 1 is 0.963 bits per heavy atom. The Labute approximate surface area is 161 Å². The lowest BCUT2D eigenvalue weighted by molar-refractivity contribution is 0.482. The van der Waals surface area contributed by atoms with Crippen LogP contribution in [0.2, 0.25) is 5.02 Å². The van der Waals surface area contributed by atoms with Gasteiger partial charge in [-0.1, -0.05) is 54.1 Å². The summed E-state index contributed by atoms with van der Waals surface area (Å²) in [5.41, 5.74) is 3.76. The number of pyridine rings is 1. The van der Waals surface area contributed by atoms with E-state index >= 15 is 0 Å². The van der Waals surface area contributed by atoms with Crippen molar-refractivity contribution in [2.45, 2.75) is 0 Å². The fourth-order valence-corrected chi connectivity index (χ4v) is 3.48. The summed E-state index contributed by atoms with van der Waals surface area (Å²) in [5.74, 6) is -0.0512. The van der Waals surface area contributed by atoms with Gasteiger partial charge >= 0.3 is 0 Å². The maximum atomic E-state index is 12.5. The zero-order chi connectivity index (χ0) is 19.0. The molecule has 0 spiro atoms. The third kappa shape index (κ3) is 3.04. The largest absolute Gasteiger partial charge is 0.506 e. The highest BCUT2D eigenvalue weighted by molar-refractivity contribution is 6.34. The highest BCUT2D eigenvalue weighted by Crippen LogP contribution is 2.38. The van der Waals surface area contributed by atoms with Crippen molar-refractivity contribution in [3.63, 3.8) is 0 Å². The molecule has 3 N–H and O–H groups in total. The SMILES string of the molecule is CNc1ccc(-c2cc3c(O)c(-c4ccccc4)c(=O)[nH]c3cc2Cl)cc1. The molecule has 1 aromatic heterocycles. The van der Waals surface area contributed by atoms with Crippen molar-refractivity contribution in [2.75, 3.05) is 12.4 Å². The summed E-state index contributed by atoms with van der Waals surface area (Å²) in [5, 5.41) is 15.0. The Kier molecular flexibility index (Phi) is 4.34. The molecule has 0 saturated carbocycles. The Balaban J connectivity index is 1.96. The Morgan fingerprint density at radius 2 is 1.67 bits per heavy atom. The number of halogens is 1. The van der Waals surface area contributed by atoms with Gasteiger partial charge in [-0.05, 0) is 35.4 Å². The van der Waals surface area contributed by atoms with E-state index in [4.69, 9.17) is 11.6 Å². The maximum absolute atomic E-state index is 12.5. The van der Waals surface area contributed by atoms with E-state index in [-0.39, 0.29) is 16.9 Å². The van der Waals surface area contributed by atoms with Crippen LogP contribution in [-0.4, -0.2) is 17.1 Å². The maximum Gasteiger partial charge on any atom is 0.260 e. The van der Waals surface area contributed by atoms with E-state index in [1.807, 2.05) is 55.6 Å². The van der Waals surface area contributed by atoms with Crippen molar-refractivity contribution in [3.8, 4) is 28.0 Å². The van der Waals surface area contributed by atoms with Crippen molar-refractivity contribution in [1.29, 1.82) is 0 Å². The fourth-order valence-electron chi connectivity index (χ4n) is 3.21. The Bertz CT molecular complexity index is 1180. The highest BCUT2D eigenvalue weighted by atomic mass is 35.5. The van der Waals surface area contributed by atoms with Gasteiger partial charge in [-0.25, -0.2) is 0 Å². The van der Waals surface area contributed by atoms with Crippen molar-refractivity contribution < 1.29 is 5.11 Å². The van der Waals surface area contributed by atoms with E-state index in [0.717, 1.165) is 16.8 Å². The van der Waals surface area contributed by atoms with E-state index in [1.165, 1.54) is 0 Å². The lowest BCUT2D eigenvalue weighted by Gasteiger charge is -2.12. The summed E-state index contributed by atoms with van der Waals surface area (Å²) in [6.07, 6.45) is 0. The van der Waals surface area contributed by atoms with Gasteiger partial charge in [0, 0.05) is 23.7 Å². The second-order valence-corrected chi connectivity index (χ2v) is 6.66. The first kappa shape index (κ1) is 17.2. The molecule has 0 bridgehead atoms. The van der Waals surface area contributed by atoms with Gasteiger partial charge in [-0.2, -0.15) is 0 Å². The first-order valence-electron chi connectivity index (χ1n) is 8.50. The topological polar surface area (TPSA) is 65.1 Å². The zero-order valence-electron chi connectivity index (χ0n) is 14.6. The molecule has 0 unspecified atom stereocenters. The number of rotatable bonds is 3. The molecule has 0 saturated heterocycles. The molecule has 0 fully saturated rings. The third-order valence-corrected chi connectivity index (χ3v) is 4.93. The van der Waals surface area contributed by atoms with Crippen molar-refractivity contribution in [3.05, 3.63) is 82.1 Å². The molecule has 4 aromatic rings. The summed E-state index contributed by atoms with van der Waals surface area (Å²) in [6.45, 7) is 0. The molecular formula is C22H17ClN2O2. The number of nitrogens with one attached hydrogen (secondary N) is 2. The van der Waals surface area contributed by atoms with E-state index in [1.54, 1.807) is 18.2 Å². The van der Waals surface area contributed by atoms with Crippen LogP contribution in [0.3, 0.4) is 0 Å². The van der Waals surface area contributed by atoms with Crippen LogP contribution in [0, 0.1) is 0 Å². The van der Waals surface area contributed by atoms with E-state index in [0.29, 0.717) is 21.5 Å². The molecular weight excluding hydrogens is 360 g/mol. The van der Waals surface area contributed by atoms with Crippen LogP contribution in [-0.2, 0) is 0 Å². The smallest absolute Gasteiger partial charge is 0.260 e. The standard InChI is InChI=1S/C22H17ClN2O2/c1-24-15-9-7-13(8-10-15)16-11-17-19(12-18(16)23)25-22(27)20(21(17)26)14-5-3-2-4-6-14/h2-12,24H,1H3,(H2,25,26,27). The molecule has 0 aliphatic heterocycles. The number of hydrogen-bond acceptors (Lipinski definition) is 3. The molecule has 0 radical (unpaired) electrons. The fraction of sp³-hybridized carbons (Fsp3) is 0.0455. The summed E-state index contributed by atoms with van der Waals surface area (Å²) in [6, 6.07) is 20.4. The molecule has 3 aromatic carbocycles. The molecule has 0 amide bonds. The number of aromatic hydroxyl groups is 1. The van der Waals surface area contributed by atoms with Crippen LogP contribution in [0.1, 0.15) is 0 Å². The van der Waals surface area contributed by atoms with E-state index in [2.05, 4.69) is 10.3 Å². The minimum atomic E-state index is -0.353. The summed E-state index contributed by atoms with van der Waals surface area (Å²) >= 11 is 6.45. The molecule has 0 atom stereocenters. The minimum Gasteiger partial charge on any atom is -0.506 e. The van der Waals surface area contributed by atoms with Crippen LogP contribution in [0.15, 0.2) is 71.5 Å². The average Bonchev–Trinajstić information content (AvgIpc) is 2.68. The van der Waals surface area contributed by atoms with Crippen LogP contribution in [0.4, 0.5) is 5.69 Å². The number of fused-ring (bicyclic) bond motifs is 1. The molecule has 27 heavy (non-hydrogen) atoms. The number of benzene rings is 3. The van der Waals surface area contributed by atoms with Crippen molar-refractivity contribution >= 4 is 28.2 Å². The van der Waals surface area contributed by atoms with E-state index in [9.17, 15) is 9.90 Å². The number of hydrogen-bond donors (Lipinski definition) is 3. The lowest BCUT2D eigenvalue weighted by atomic mass is 9.99. The van der Waals surface area contributed by atoms with Gasteiger partial charge in [0.05, 0.1) is 16.1 Å². The molecule has 0 aliphatic carbocycles. The van der Waals surface area contributed by atoms with Gasteiger partial charge in [0.25, 0.3) is 5.56 Å². The monoisotopic (exact) mass is 376 g/mol. The van der Waals surface area contributed by atoms with E-state index < -0.39 is 0 Å². The zero-order valence-corrected chi connectivity index (χ0v) is 15.3. The predicted octanol–water partition coefficient (Wildman–Crippen LogP) is 5.26. The normalized spacial score (nSPS) is 10.9. The molecule has 134 valence electrons. The van der Waals surface area contributed by atoms with Crippen LogP contribution in [0.25, 0.3) is 33.2 Å². The minimum absolute atomic E-state index is 0.0512. The van der Waals surface area contributed by atoms with Gasteiger partial charge in [-0.3, -0.25) is 4.79 Å². The van der Waals surface area contributed by atoms with Gasteiger partial charge in [0.15, 0.2) is 0 Å². The molecule has 4 rings (SSSR count). The van der Waals surface area contributed by atoms with Crippen molar-refractivity contribution in [2.24, 2.45) is 0 Å². The third-order valence-electron chi connectivity index (χ3n) is 4.62. The summed E-state index contributed by atoms with van der Waals surface area (Å²) in [7, 11) is 1.86. The van der Waals surface area contributed by atoms with Crippen LogP contribution in [0.5, 0.6) is 5.75 Å². The second kappa shape index (κ2) is 6.82. The first-order chi connectivity index (χ1) is 13.1. The average molecular weight is 377 g/mol. The van der Waals surface area contributed by atoms with Gasteiger partial charge < -0.3 is 15.4 Å². The molecule has 4 nitrogen and oxygen atoms in total. The molecule has 1 heterocycles. The molecule has 0 aliphatic rings. The first-order valence-corrected chi connectivity index (χ1v) is 8.88. The van der Waals surface area contributed by atoms with Crippen LogP contribution >= 0.6 is 11.6 Å². The number of anilines is 1. The quantitative estimate of drug-likeness (QED) is 0.456. The summed E-state index contributed by atoms with van der Waals surface area (Å²) in [4.78, 5) is 15.4. The lowest BCUT2D eigenvalue weighted by Crippen LogP contribution is -2.09. The summed E-state index contributed by atoms with van der Waals surface area (Å²) < 4.78 is 0. The number of H-pyrrole nitrogens is 1. The predicted molar refractivity (Wildman–Crippen MR) is 112 cm³/mol. The van der Waals surface area contributed by atoms with Gasteiger partial charge in [-0.15, -0.1) is 0 Å². The number of aromatic nitrogens is 1. The van der Waals surface area contributed by atoms with Gasteiger partial charge in [0.1, 0.15) is 5.75 Å².